The molecule has 0 fully saturated rings. The fourth-order valence-electron chi connectivity index (χ4n) is 2.64. The number of rotatable bonds is 5. The van der Waals surface area contributed by atoms with E-state index < -0.39 is 0 Å². The summed E-state index contributed by atoms with van der Waals surface area (Å²) in [6, 6.07) is 7.06. The van der Waals surface area contributed by atoms with Gasteiger partial charge in [0.15, 0.2) is 6.67 Å². The number of quaternary nitrogens is 1. The molecule has 2 amide bonds. The van der Waals surface area contributed by atoms with Crippen molar-refractivity contribution in [2.75, 3.05) is 26.3 Å². The van der Waals surface area contributed by atoms with Crippen molar-refractivity contribution in [3.8, 4) is 0 Å². The molecule has 0 aliphatic carbocycles. The SMILES string of the molecule is CC[N+](CC)(CC)CN1C(=O)c2ccccc2C1=O.[Br-]. The van der Waals surface area contributed by atoms with Crippen LogP contribution in [0.4, 0.5) is 0 Å². The quantitative estimate of drug-likeness (QED) is 0.515. The normalized spacial score (nSPS) is 14.2. The first kappa shape index (κ1) is 16.9. The highest BCUT2D eigenvalue weighted by Gasteiger charge is 2.39. The highest BCUT2D eigenvalue weighted by Crippen LogP contribution is 2.24. The number of benzene rings is 1. The Bertz CT molecular complexity index is 469. The first-order valence-corrected chi connectivity index (χ1v) is 6.89. The van der Waals surface area contributed by atoms with Gasteiger partial charge in [0.25, 0.3) is 11.8 Å². The van der Waals surface area contributed by atoms with Gasteiger partial charge in [-0.15, -0.1) is 0 Å². The lowest BCUT2D eigenvalue weighted by Gasteiger charge is -2.37. The number of carbonyl (C=O) groups is 2. The molecule has 4 nitrogen and oxygen atoms in total. The molecule has 0 aromatic heterocycles. The molecule has 1 aliphatic rings. The third-order valence-electron chi connectivity index (χ3n) is 4.33. The molecule has 0 spiro atoms. The van der Waals surface area contributed by atoms with E-state index >= 15 is 0 Å². The van der Waals surface area contributed by atoms with E-state index in [1.807, 2.05) is 0 Å². The van der Waals surface area contributed by atoms with E-state index in [0.717, 1.165) is 24.1 Å². The van der Waals surface area contributed by atoms with Gasteiger partial charge >= 0.3 is 0 Å². The lowest BCUT2D eigenvalue weighted by Crippen LogP contribution is -3.00. The summed E-state index contributed by atoms with van der Waals surface area (Å²) in [7, 11) is 0. The van der Waals surface area contributed by atoms with Crippen LogP contribution in [-0.4, -0.2) is 47.5 Å². The summed E-state index contributed by atoms with van der Waals surface area (Å²) in [5, 5.41) is 0. The molecule has 0 N–H and O–H groups in total. The lowest BCUT2D eigenvalue weighted by molar-refractivity contribution is -0.929. The van der Waals surface area contributed by atoms with Gasteiger partial charge in [-0.25, -0.2) is 4.90 Å². The number of imide groups is 1. The molecule has 0 saturated heterocycles. The largest absolute Gasteiger partial charge is 1.00 e. The van der Waals surface area contributed by atoms with Crippen LogP contribution in [0, 0.1) is 0 Å². The summed E-state index contributed by atoms with van der Waals surface area (Å²) in [4.78, 5) is 26.1. The molecule has 20 heavy (non-hydrogen) atoms. The predicted octanol–water partition coefficient (Wildman–Crippen LogP) is -0.879. The van der Waals surface area contributed by atoms with Crippen molar-refractivity contribution < 1.29 is 31.1 Å². The monoisotopic (exact) mass is 340 g/mol. The number of fused-ring (bicyclic) bond motifs is 1. The van der Waals surface area contributed by atoms with E-state index in [4.69, 9.17) is 0 Å². The van der Waals surface area contributed by atoms with Crippen LogP contribution in [0.15, 0.2) is 24.3 Å². The van der Waals surface area contributed by atoms with Crippen LogP contribution in [0.2, 0.25) is 0 Å². The van der Waals surface area contributed by atoms with Crippen LogP contribution in [0.1, 0.15) is 41.5 Å². The fraction of sp³-hybridized carbons (Fsp3) is 0.467. The van der Waals surface area contributed by atoms with Crippen molar-refractivity contribution in [3.63, 3.8) is 0 Å². The Balaban J connectivity index is 0.00000200. The average molecular weight is 341 g/mol. The van der Waals surface area contributed by atoms with Gasteiger partial charge in [0, 0.05) is 0 Å². The maximum absolute atomic E-state index is 12.3. The highest BCUT2D eigenvalue weighted by molar-refractivity contribution is 6.21. The maximum atomic E-state index is 12.3. The first-order chi connectivity index (χ1) is 9.08. The first-order valence-electron chi connectivity index (χ1n) is 6.89. The third-order valence-corrected chi connectivity index (χ3v) is 4.33. The molecule has 1 aromatic rings. The van der Waals surface area contributed by atoms with Crippen molar-refractivity contribution in [2.24, 2.45) is 0 Å². The van der Waals surface area contributed by atoms with Crippen LogP contribution in [0.3, 0.4) is 0 Å². The number of hydrogen-bond acceptors (Lipinski definition) is 2. The van der Waals surface area contributed by atoms with E-state index in [-0.39, 0.29) is 28.8 Å². The zero-order valence-electron chi connectivity index (χ0n) is 12.2. The molecule has 0 atom stereocenters. The standard InChI is InChI=1S/C15H21N2O2.BrH/c1-4-17(5-2,6-3)11-16-14(18)12-9-7-8-10-13(12)15(16)19;/h7-10H,4-6,11H2,1-3H3;1H/q+1;/p-1. The molecular formula is C15H21BrN2O2. The van der Waals surface area contributed by atoms with E-state index in [1.54, 1.807) is 24.3 Å². The van der Waals surface area contributed by atoms with Crippen LogP contribution in [0.25, 0.3) is 0 Å². The number of halogens is 1. The van der Waals surface area contributed by atoms with E-state index in [2.05, 4.69) is 20.8 Å². The molecule has 0 bridgehead atoms. The summed E-state index contributed by atoms with van der Waals surface area (Å²) < 4.78 is 0.755. The number of carbonyl (C=O) groups excluding carboxylic acids is 2. The highest BCUT2D eigenvalue weighted by atomic mass is 79.9. The van der Waals surface area contributed by atoms with Crippen LogP contribution in [0.5, 0.6) is 0 Å². The van der Waals surface area contributed by atoms with Gasteiger partial charge < -0.3 is 21.5 Å². The second kappa shape index (κ2) is 6.50. The Labute approximate surface area is 130 Å². The minimum absolute atomic E-state index is 0. The van der Waals surface area contributed by atoms with E-state index in [1.165, 1.54) is 4.90 Å². The second-order valence-electron chi connectivity index (χ2n) is 5.02. The molecule has 2 rings (SSSR count). The molecule has 0 saturated carbocycles. The second-order valence-corrected chi connectivity index (χ2v) is 5.02. The average Bonchev–Trinajstić information content (AvgIpc) is 2.70. The molecule has 1 aliphatic heterocycles. The van der Waals surface area contributed by atoms with Gasteiger partial charge in [0.2, 0.25) is 0 Å². The van der Waals surface area contributed by atoms with Gasteiger partial charge in [0.05, 0.1) is 30.8 Å². The van der Waals surface area contributed by atoms with Crippen LogP contribution >= 0.6 is 0 Å². The Hall–Kier alpha value is -1.20. The van der Waals surface area contributed by atoms with Crippen molar-refractivity contribution >= 4 is 11.8 Å². The van der Waals surface area contributed by atoms with Gasteiger partial charge in [-0.1, -0.05) is 12.1 Å². The summed E-state index contributed by atoms with van der Waals surface area (Å²) in [6.07, 6.45) is 0. The minimum Gasteiger partial charge on any atom is -1.00 e. The molecule has 0 unspecified atom stereocenters. The van der Waals surface area contributed by atoms with E-state index in [9.17, 15) is 9.59 Å². The number of nitrogens with zero attached hydrogens (tertiary/aromatic N) is 2. The molecular weight excluding hydrogens is 320 g/mol. The molecule has 5 heteroatoms. The van der Waals surface area contributed by atoms with Crippen LogP contribution < -0.4 is 17.0 Å². The van der Waals surface area contributed by atoms with Gasteiger partial charge in [-0.3, -0.25) is 9.59 Å². The Kier molecular flexibility index (Phi) is 5.48. The molecule has 1 heterocycles. The van der Waals surface area contributed by atoms with Gasteiger partial charge in [-0.05, 0) is 32.9 Å². The van der Waals surface area contributed by atoms with Crippen molar-refractivity contribution in [1.29, 1.82) is 0 Å². The summed E-state index contributed by atoms with van der Waals surface area (Å²) >= 11 is 0. The molecule has 1 aromatic carbocycles. The Morgan fingerprint density at radius 1 is 0.900 bits per heavy atom. The summed E-state index contributed by atoms with van der Waals surface area (Å²) in [5.41, 5.74) is 1.07. The Morgan fingerprint density at radius 3 is 1.65 bits per heavy atom. The topological polar surface area (TPSA) is 37.4 Å². The third kappa shape index (κ3) is 2.65. The zero-order chi connectivity index (χ0) is 14.0. The molecule has 0 radical (unpaired) electrons. The van der Waals surface area contributed by atoms with Crippen molar-refractivity contribution in [1.82, 2.24) is 4.90 Å². The zero-order valence-corrected chi connectivity index (χ0v) is 13.8. The van der Waals surface area contributed by atoms with Gasteiger partial charge in [0.1, 0.15) is 0 Å². The summed E-state index contributed by atoms with van der Waals surface area (Å²) in [6.45, 7) is 9.53. The molecule has 110 valence electrons. The maximum Gasteiger partial charge on any atom is 0.265 e. The Morgan fingerprint density at radius 2 is 1.30 bits per heavy atom. The van der Waals surface area contributed by atoms with Crippen molar-refractivity contribution in [2.45, 2.75) is 20.8 Å². The minimum atomic E-state index is -0.154. The van der Waals surface area contributed by atoms with Crippen molar-refractivity contribution in [3.05, 3.63) is 35.4 Å². The number of hydrogen-bond donors (Lipinski definition) is 0. The lowest BCUT2D eigenvalue weighted by atomic mass is 10.1. The fourth-order valence-corrected chi connectivity index (χ4v) is 2.64. The van der Waals surface area contributed by atoms with E-state index in [0.29, 0.717) is 17.8 Å². The summed E-state index contributed by atoms with van der Waals surface area (Å²) in [5.74, 6) is -0.308. The predicted molar refractivity (Wildman–Crippen MR) is 73.7 cm³/mol. The van der Waals surface area contributed by atoms with Crippen LogP contribution in [-0.2, 0) is 0 Å². The smallest absolute Gasteiger partial charge is 0.265 e. The van der Waals surface area contributed by atoms with Gasteiger partial charge in [-0.2, -0.15) is 0 Å². The number of amides is 2.